The third-order valence-electron chi connectivity index (χ3n) is 4.50. The standard InChI is InChI=1S/C15H30N4O/c1-15(5-2-3-6-15)13-18-14(16)17-7-4-8-19-9-11-20-12-10-19/h2-13H2,1H3,(H3,16,17,18). The van der Waals surface area contributed by atoms with Crippen LogP contribution in [-0.4, -0.2) is 56.8 Å². The number of guanidine groups is 1. The van der Waals surface area contributed by atoms with Crippen molar-refractivity contribution in [1.82, 2.24) is 10.2 Å². The normalized spacial score (nSPS) is 23.9. The first-order chi connectivity index (χ1) is 9.68. The molecule has 0 amide bonds. The monoisotopic (exact) mass is 282 g/mol. The quantitative estimate of drug-likeness (QED) is 0.436. The highest BCUT2D eigenvalue weighted by atomic mass is 16.5. The van der Waals surface area contributed by atoms with Crippen molar-refractivity contribution >= 4 is 5.96 Å². The van der Waals surface area contributed by atoms with Gasteiger partial charge in [0.2, 0.25) is 0 Å². The smallest absolute Gasteiger partial charge is 0.188 e. The fourth-order valence-corrected chi connectivity index (χ4v) is 3.06. The van der Waals surface area contributed by atoms with E-state index in [1.54, 1.807) is 0 Å². The number of hydrogen-bond acceptors (Lipinski definition) is 3. The highest BCUT2D eigenvalue weighted by Gasteiger charge is 2.28. The number of nitrogens with zero attached hydrogens (tertiary/aromatic N) is 2. The van der Waals surface area contributed by atoms with Crippen molar-refractivity contribution in [3.8, 4) is 0 Å². The number of ether oxygens (including phenoxy) is 1. The third-order valence-corrected chi connectivity index (χ3v) is 4.50. The fourth-order valence-electron chi connectivity index (χ4n) is 3.06. The maximum atomic E-state index is 5.94. The summed E-state index contributed by atoms with van der Waals surface area (Å²) in [6.45, 7) is 9.07. The van der Waals surface area contributed by atoms with Gasteiger partial charge in [-0.2, -0.15) is 0 Å². The Bertz CT molecular complexity index is 307. The van der Waals surface area contributed by atoms with E-state index >= 15 is 0 Å². The van der Waals surface area contributed by atoms with Crippen molar-refractivity contribution in [1.29, 1.82) is 0 Å². The van der Waals surface area contributed by atoms with E-state index in [1.807, 2.05) is 0 Å². The molecule has 0 aromatic carbocycles. The molecule has 0 aromatic rings. The number of aliphatic imine (C=N–C) groups is 1. The SMILES string of the molecule is CC1(CN=C(N)NCCCN2CCOCC2)CCCC1. The van der Waals surface area contributed by atoms with E-state index in [2.05, 4.69) is 22.1 Å². The van der Waals surface area contributed by atoms with Crippen LogP contribution in [0.2, 0.25) is 0 Å². The van der Waals surface area contributed by atoms with Crippen molar-refractivity contribution in [3.63, 3.8) is 0 Å². The summed E-state index contributed by atoms with van der Waals surface area (Å²) in [4.78, 5) is 6.95. The largest absolute Gasteiger partial charge is 0.379 e. The molecule has 5 heteroatoms. The van der Waals surface area contributed by atoms with Gasteiger partial charge in [-0.25, -0.2) is 0 Å². The van der Waals surface area contributed by atoms with Gasteiger partial charge in [0.15, 0.2) is 5.96 Å². The molecule has 2 rings (SSSR count). The van der Waals surface area contributed by atoms with Crippen LogP contribution in [0.15, 0.2) is 4.99 Å². The second-order valence-corrected chi connectivity index (χ2v) is 6.45. The zero-order valence-corrected chi connectivity index (χ0v) is 12.9. The van der Waals surface area contributed by atoms with E-state index in [9.17, 15) is 0 Å². The van der Waals surface area contributed by atoms with Crippen LogP contribution in [0.25, 0.3) is 0 Å². The van der Waals surface area contributed by atoms with Crippen molar-refractivity contribution in [3.05, 3.63) is 0 Å². The molecule has 2 aliphatic rings. The molecule has 1 saturated heterocycles. The molecule has 0 radical (unpaired) electrons. The lowest BCUT2D eigenvalue weighted by molar-refractivity contribution is 0.0376. The summed E-state index contributed by atoms with van der Waals surface area (Å²) in [6, 6.07) is 0. The topological polar surface area (TPSA) is 62.9 Å². The van der Waals surface area contributed by atoms with Gasteiger partial charge in [-0.3, -0.25) is 9.89 Å². The molecule has 1 heterocycles. The van der Waals surface area contributed by atoms with E-state index < -0.39 is 0 Å². The van der Waals surface area contributed by atoms with Gasteiger partial charge in [0.25, 0.3) is 0 Å². The highest BCUT2D eigenvalue weighted by molar-refractivity contribution is 5.77. The molecular weight excluding hydrogens is 252 g/mol. The highest BCUT2D eigenvalue weighted by Crippen LogP contribution is 2.37. The van der Waals surface area contributed by atoms with Gasteiger partial charge in [-0.05, 0) is 31.2 Å². The summed E-state index contributed by atoms with van der Waals surface area (Å²) in [5.74, 6) is 0.611. The van der Waals surface area contributed by atoms with Gasteiger partial charge in [0.05, 0.1) is 13.2 Å². The minimum atomic E-state index is 0.389. The third kappa shape index (κ3) is 5.29. The molecule has 1 saturated carbocycles. The predicted octanol–water partition coefficient (Wildman–Crippen LogP) is 1.19. The average Bonchev–Trinajstić information content (AvgIpc) is 2.90. The molecule has 1 aliphatic heterocycles. The van der Waals surface area contributed by atoms with Crippen LogP contribution in [0, 0.1) is 5.41 Å². The molecular formula is C15H30N4O. The zero-order chi connectivity index (χ0) is 14.3. The van der Waals surface area contributed by atoms with Gasteiger partial charge in [0, 0.05) is 26.2 Å². The Kier molecular flexibility index (Phi) is 6.10. The van der Waals surface area contributed by atoms with Crippen LogP contribution in [0.1, 0.15) is 39.0 Å². The van der Waals surface area contributed by atoms with Crippen LogP contribution in [0.4, 0.5) is 0 Å². The number of nitrogens with one attached hydrogen (secondary N) is 1. The van der Waals surface area contributed by atoms with E-state index in [4.69, 9.17) is 10.5 Å². The van der Waals surface area contributed by atoms with Gasteiger partial charge < -0.3 is 15.8 Å². The second-order valence-electron chi connectivity index (χ2n) is 6.45. The van der Waals surface area contributed by atoms with Crippen LogP contribution in [0.5, 0.6) is 0 Å². The van der Waals surface area contributed by atoms with E-state index in [0.29, 0.717) is 11.4 Å². The molecule has 0 atom stereocenters. The molecule has 20 heavy (non-hydrogen) atoms. The van der Waals surface area contributed by atoms with Crippen LogP contribution in [0.3, 0.4) is 0 Å². The summed E-state index contributed by atoms with van der Waals surface area (Å²) in [5.41, 5.74) is 6.32. The Morgan fingerprint density at radius 1 is 1.30 bits per heavy atom. The van der Waals surface area contributed by atoms with E-state index in [0.717, 1.165) is 52.4 Å². The number of morpholine rings is 1. The molecule has 3 N–H and O–H groups in total. The lowest BCUT2D eigenvalue weighted by Gasteiger charge is -2.26. The lowest BCUT2D eigenvalue weighted by Crippen LogP contribution is -2.39. The molecule has 1 aliphatic carbocycles. The zero-order valence-electron chi connectivity index (χ0n) is 12.9. The van der Waals surface area contributed by atoms with Crippen molar-refractivity contribution in [2.45, 2.75) is 39.0 Å². The maximum Gasteiger partial charge on any atom is 0.188 e. The summed E-state index contributed by atoms with van der Waals surface area (Å²) in [5, 5.41) is 3.23. The molecule has 0 unspecified atom stereocenters. The van der Waals surface area contributed by atoms with Crippen molar-refractivity contribution in [2.75, 3.05) is 45.9 Å². The maximum absolute atomic E-state index is 5.94. The van der Waals surface area contributed by atoms with Crippen LogP contribution < -0.4 is 11.1 Å². The number of nitrogens with two attached hydrogens (primary N) is 1. The Labute approximate surface area is 122 Å². The lowest BCUT2D eigenvalue weighted by atomic mass is 9.89. The van der Waals surface area contributed by atoms with Crippen LogP contribution >= 0.6 is 0 Å². The summed E-state index contributed by atoms with van der Waals surface area (Å²) in [6.07, 6.45) is 6.38. The first-order valence-corrected chi connectivity index (χ1v) is 8.02. The first kappa shape index (κ1) is 15.6. The average molecular weight is 282 g/mol. The Hall–Kier alpha value is -0.810. The Morgan fingerprint density at radius 2 is 2.00 bits per heavy atom. The van der Waals surface area contributed by atoms with Gasteiger partial charge >= 0.3 is 0 Å². The molecule has 2 fully saturated rings. The number of rotatable bonds is 6. The summed E-state index contributed by atoms with van der Waals surface area (Å²) in [7, 11) is 0. The molecule has 0 aromatic heterocycles. The van der Waals surface area contributed by atoms with Crippen molar-refractivity contribution < 1.29 is 4.74 Å². The molecule has 116 valence electrons. The predicted molar refractivity (Wildman–Crippen MR) is 82.9 cm³/mol. The first-order valence-electron chi connectivity index (χ1n) is 8.02. The summed E-state index contributed by atoms with van der Waals surface area (Å²) >= 11 is 0. The number of hydrogen-bond donors (Lipinski definition) is 2. The van der Waals surface area contributed by atoms with E-state index in [-0.39, 0.29) is 0 Å². The Balaban J connectivity index is 1.56. The van der Waals surface area contributed by atoms with Gasteiger partial charge in [-0.15, -0.1) is 0 Å². The molecule has 0 spiro atoms. The molecule has 5 nitrogen and oxygen atoms in total. The van der Waals surface area contributed by atoms with Crippen molar-refractivity contribution in [2.24, 2.45) is 16.1 Å². The van der Waals surface area contributed by atoms with E-state index in [1.165, 1.54) is 25.7 Å². The van der Waals surface area contributed by atoms with Gasteiger partial charge in [0.1, 0.15) is 0 Å². The minimum absolute atomic E-state index is 0.389. The second kappa shape index (κ2) is 7.84. The van der Waals surface area contributed by atoms with Gasteiger partial charge in [-0.1, -0.05) is 19.8 Å². The molecule has 0 bridgehead atoms. The fraction of sp³-hybridized carbons (Fsp3) is 0.933. The summed E-state index contributed by atoms with van der Waals surface area (Å²) < 4.78 is 5.34. The minimum Gasteiger partial charge on any atom is -0.379 e. The Morgan fingerprint density at radius 3 is 2.70 bits per heavy atom. The van der Waals surface area contributed by atoms with Crippen LogP contribution in [-0.2, 0) is 4.74 Å².